The number of nitrogens with zero attached hydrogens (tertiary/aromatic N) is 1. The number of nitrogens with one attached hydrogen (secondary N) is 1. The van der Waals surface area contributed by atoms with E-state index in [0.717, 1.165) is 35.9 Å². The number of aromatic nitrogens is 1. The van der Waals surface area contributed by atoms with Crippen molar-refractivity contribution in [2.75, 3.05) is 6.61 Å². The molecule has 0 spiro atoms. The largest absolute Gasteiger partial charge is 0.462 e. The second kappa shape index (κ2) is 6.41. The minimum atomic E-state index is -0.0192. The van der Waals surface area contributed by atoms with E-state index in [2.05, 4.69) is 10.3 Å². The van der Waals surface area contributed by atoms with Gasteiger partial charge in [-0.25, -0.2) is 4.98 Å². The summed E-state index contributed by atoms with van der Waals surface area (Å²) in [5.41, 5.74) is 0.767. The van der Waals surface area contributed by atoms with Gasteiger partial charge >= 0.3 is 0 Å². The predicted octanol–water partition coefficient (Wildman–Crippen LogP) is 2.63. The van der Waals surface area contributed by atoms with E-state index in [1.807, 2.05) is 24.4 Å². The molecule has 5 nitrogen and oxygen atoms in total. The van der Waals surface area contributed by atoms with Crippen molar-refractivity contribution in [3.63, 3.8) is 0 Å². The second-order valence-corrected chi connectivity index (χ2v) is 6.06. The third-order valence-corrected chi connectivity index (χ3v) is 4.44. The molecule has 112 valence electrons. The molecule has 0 saturated carbocycles. The predicted molar refractivity (Wildman–Crippen MR) is 80.1 cm³/mol. The van der Waals surface area contributed by atoms with Gasteiger partial charge in [-0.15, -0.1) is 11.3 Å². The molecule has 0 radical (unpaired) electrons. The van der Waals surface area contributed by atoms with E-state index in [1.54, 1.807) is 6.26 Å². The van der Waals surface area contributed by atoms with Crippen molar-refractivity contribution in [2.45, 2.75) is 38.3 Å². The lowest BCUT2D eigenvalue weighted by Crippen LogP contribution is -2.41. The molecular weight excluding hydrogens is 288 g/mol. The second-order valence-electron chi connectivity index (χ2n) is 5.21. The molecule has 1 amide bonds. The zero-order chi connectivity index (χ0) is 14.7. The van der Waals surface area contributed by atoms with Crippen LogP contribution in [0, 0.1) is 0 Å². The third kappa shape index (κ3) is 3.51. The Kier molecular flexibility index (Phi) is 4.36. The summed E-state index contributed by atoms with van der Waals surface area (Å²) in [6.45, 7) is 2.78. The van der Waals surface area contributed by atoms with E-state index < -0.39 is 0 Å². The first-order valence-corrected chi connectivity index (χ1v) is 7.99. The monoisotopic (exact) mass is 306 g/mol. The fourth-order valence-corrected chi connectivity index (χ4v) is 3.25. The van der Waals surface area contributed by atoms with Crippen LogP contribution in [-0.2, 0) is 16.0 Å². The first kappa shape index (κ1) is 14.3. The van der Waals surface area contributed by atoms with E-state index in [9.17, 15) is 4.79 Å². The maximum absolute atomic E-state index is 12.0. The maximum atomic E-state index is 12.0. The summed E-state index contributed by atoms with van der Waals surface area (Å²) in [4.78, 5) is 16.5. The number of carbonyl (C=O) groups excluding carboxylic acids is 1. The Morgan fingerprint density at radius 3 is 3.24 bits per heavy atom. The highest BCUT2D eigenvalue weighted by Crippen LogP contribution is 2.24. The molecule has 3 heterocycles. The summed E-state index contributed by atoms with van der Waals surface area (Å²) < 4.78 is 10.9. The number of hydrogen-bond donors (Lipinski definition) is 1. The molecule has 2 unspecified atom stereocenters. The third-order valence-electron chi connectivity index (χ3n) is 3.54. The van der Waals surface area contributed by atoms with Gasteiger partial charge in [0, 0.05) is 12.0 Å². The van der Waals surface area contributed by atoms with E-state index in [4.69, 9.17) is 9.15 Å². The molecule has 2 aromatic rings. The Labute approximate surface area is 127 Å². The summed E-state index contributed by atoms with van der Waals surface area (Å²) >= 11 is 1.48. The lowest BCUT2D eigenvalue weighted by Gasteiger charge is -2.19. The standard InChI is InChI=1S/C15H18N2O3S/c1-10(12-4-2-6-19-12)16-14(18)8-11-9-21-15(17-11)13-5-3-7-20-13/h3,5,7,9-10,12H,2,4,6,8H2,1H3,(H,16,18). The normalized spacial score (nSPS) is 19.6. The van der Waals surface area contributed by atoms with Gasteiger partial charge in [-0.05, 0) is 31.9 Å². The van der Waals surface area contributed by atoms with Gasteiger partial charge in [0.25, 0.3) is 0 Å². The smallest absolute Gasteiger partial charge is 0.226 e. The Morgan fingerprint density at radius 2 is 2.52 bits per heavy atom. The van der Waals surface area contributed by atoms with Crippen molar-refractivity contribution >= 4 is 17.2 Å². The molecule has 0 aromatic carbocycles. The lowest BCUT2D eigenvalue weighted by atomic mass is 10.1. The van der Waals surface area contributed by atoms with Crippen LogP contribution in [0.15, 0.2) is 28.2 Å². The molecule has 1 fully saturated rings. The van der Waals surface area contributed by atoms with Crippen LogP contribution >= 0.6 is 11.3 Å². The van der Waals surface area contributed by atoms with Gasteiger partial charge in [0.1, 0.15) is 0 Å². The molecule has 1 N–H and O–H groups in total. The van der Waals surface area contributed by atoms with Crippen LogP contribution in [0.4, 0.5) is 0 Å². The van der Waals surface area contributed by atoms with E-state index in [0.29, 0.717) is 0 Å². The van der Waals surface area contributed by atoms with Gasteiger partial charge in [0.15, 0.2) is 10.8 Å². The summed E-state index contributed by atoms with van der Waals surface area (Å²) in [6.07, 6.45) is 4.13. The van der Waals surface area contributed by atoms with Gasteiger partial charge in [0.2, 0.25) is 5.91 Å². The zero-order valence-electron chi connectivity index (χ0n) is 11.9. The highest BCUT2D eigenvalue weighted by Gasteiger charge is 2.23. The van der Waals surface area contributed by atoms with Gasteiger partial charge in [0.05, 0.1) is 30.5 Å². The topological polar surface area (TPSA) is 64.4 Å². The van der Waals surface area contributed by atoms with Crippen molar-refractivity contribution < 1.29 is 13.9 Å². The van der Waals surface area contributed by atoms with Crippen molar-refractivity contribution in [2.24, 2.45) is 0 Å². The molecule has 0 bridgehead atoms. The molecule has 2 atom stereocenters. The SMILES string of the molecule is CC(NC(=O)Cc1csc(-c2ccco2)n1)C1CCCO1. The fraction of sp³-hybridized carbons (Fsp3) is 0.467. The number of ether oxygens (including phenoxy) is 1. The van der Waals surface area contributed by atoms with Crippen LogP contribution in [0.5, 0.6) is 0 Å². The number of hydrogen-bond acceptors (Lipinski definition) is 5. The first-order chi connectivity index (χ1) is 10.2. The highest BCUT2D eigenvalue weighted by molar-refractivity contribution is 7.13. The van der Waals surface area contributed by atoms with Crippen molar-refractivity contribution in [3.05, 3.63) is 29.5 Å². The fourth-order valence-electron chi connectivity index (χ4n) is 2.46. The lowest BCUT2D eigenvalue weighted by molar-refractivity contribution is -0.121. The van der Waals surface area contributed by atoms with Crippen molar-refractivity contribution in [1.82, 2.24) is 10.3 Å². The number of rotatable bonds is 5. The number of amides is 1. The summed E-state index contributed by atoms with van der Waals surface area (Å²) in [6, 6.07) is 3.73. The average molecular weight is 306 g/mol. The number of thiazole rings is 1. The quantitative estimate of drug-likeness (QED) is 0.922. The van der Waals surface area contributed by atoms with Crippen LogP contribution in [0.3, 0.4) is 0 Å². The van der Waals surface area contributed by atoms with E-state index in [-0.39, 0.29) is 24.5 Å². The van der Waals surface area contributed by atoms with Gasteiger partial charge in [-0.2, -0.15) is 0 Å². The summed E-state index contributed by atoms with van der Waals surface area (Å²) in [5, 5.41) is 5.69. The van der Waals surface area contributed by atoms with Crippen LogP contribution in [0.1, 0.15) is 25.5 Å². The molecule has 2 aromatic heterocycles. The van der Waals surface area contributed by atoms with Crippen LogP contribution in [0.25, 0.3) is 10.8 Å². The number of carbonyl (C=O) groups is 1. The highest BCUT2D eigenvalue weighted by atomic mass is 32.1. The molecule has 21 heavy (non-hydrogen) atoms. The Hall–Kier alpha value is -1.66. The van der Waals surface area contributed by atoms with Crippen LogP contribution < -0.4 is 5.32 Å². The Morgan fingerprint density at radius 1 is 1.62 bits per heavy atom. The van der Waals surface area contributed by atoms with Gasteiger partial charge in [-0.3, -0.25) is 4.79 Å². The molecule has 0 aliphatic carbocycles. The molecule has 1 aliphatic rings. The maximum Gasteiger partial charge on any atom is 0.226 e. The molecule has 6 heteroatoms. The Bertz CT molecular complexity index is 588. The van der Waals surface area contributed by atoms with Gasteiger partial charge in [-0.1, -0.05) is 0 Å². The summed E-state index contributed by atoms with van der Waals surface area (Å²) in [7, 11) is 0. The van der Waals surface area contributed by atoms with Crippen LogP contribution in [0.2, 0.25) is 0 Å². The zero-order valence-corrected chi connectivity index (χ0v) is 12.7. The minimum Gasteiger partial charge on any atom is -0.462 e. The molecule has 1 aliphatic heterocycles. The minimum absolute atomic E-state index is 0.0192. The van der Waals surface area contributed by atoms with Crippen molar-refractivity contribution in [3.8, 4) is 10.8 Å². The van der Waals surface area contributed by atoms with E-state index >= 15 is 0 Å². The average Bonchev–Trinajstić information content (AvgIpc) is 3.21. The Balaban J connectivity index is 1.55. The van der Waals surface area contributed by atoms with Gasteiger partial charge < -0.3 is 14.5 Å². The molecular formula is C15H18N2O3S. The van der Waals surface area contributed by atoms with Crippen molar-refractivity contribution in [1.29, 1.82) is 0 Å². The van der Waals surface area contributed by atoms with Crippen LogP contribution in [-0.4, -0.2) is 29.6 Å². The first-order valence-electron chi connectivity index (χ1n) is 7.11. The molecule has 1 saturated heterocycles. The molecule has 3 rings (SSSR count). The number of furan rings is 1. The van der Waals surface area contributed by atoms with E-state index in [1.165, 1.54) is 11.3 Å². The summed E-state index contributed by atoms with van der Waals surface area (Å²) in [5.74, 6) is 0.716.